The van der Waals surface area contributed by atoms with Gasteiger partial charge in [0.1, 0.15) is 5.75 Å². The van der Waals surface area contributed by atoms with Crippen molar-refractivity contribution in [2.75, 3.05) is 18.5 Å². The van der Waals surface area contributed by atoms with Crippen LogP contribution in [0.15, 0.2) is 60.8 Å². The monoisotopic (exact) mass is 452 g/mol. The smallest absolute Gasteiger partial charge is 0.303 e. The van der Waals surface area contributed by atoms with Crippen molar-refractivity contribution >= 4 is 23.4 Å². The van der Waals surface area contributed by atoms with Gasteiger partial charge < -0.3 is 15.1 Å². The summed E-state index contributed by atoms with van der Waals surface area (Å²) in [6, 6.07) is 17.3. The molecule has 4 rings (SSSR count). The van der Waals surface area contributed by atoms with Gasteiger partial charge in [-0.05, 0) is 59.2 Å². The first-order valence-electron chi connectivity index (χ1n) is 10.7. The van der Waals surface area contributed by atoms with Gasteiger partial charge in [0.15, 0.2) is 0 Å². The molecule has 1 atom stereocenters. The molecule has 3 aromatic rings. The van der Waals surface area contributed by atoms with E-state index in [2.05, 4.69) is 23.5 Å². The van der Waals surface area contributed by atoms with Crippen molar-refractivity contribution < 1.29 is 19.4 Å². The van der Waals surface area contributed by atoms with Crippen molar-refractivity contribution in [1.29, 1.82) is 0 Å². The second-order valence-corrected chi connectivity index (χ2v) is 8.43. The molecule has 0 fully saturated rings. The molecule has 7 heteroatoms. The topological polar surface area (TPSA) is 85.5 Å². The number of ether oxygens (including phenoxy) is 1. The largest absolute Gasteiger partial charge is 0.711 e. The SMILES string of the molecule is O=C(O)CC1Cc2ccc(OCCCNc3cc(Cl)cc[n+]3[O-])cc2Cc2ccccc21. The molecule has 0 aliphatic heterocycles. The van der Waals surface area contributed by atoms with Crippen LogP contribution in [0.4, 0.5) is 5.82 Å². The number of carbonyl (C=O) groups is 1. The fourth-order valence-corrected chi connectivity index (χ4v) is 4.35. The van der Waals surface area contributed by atoms with Crippen molar-refractivity contribution in [2.24, 2.45) is 0 Å². The number of nitrogens with one attached hydrogen (secondary N) is 1. The van der Waals surface area contributed by atoms with E-state index in [0.717, 1.165) is 22.5 Å². The van der Waals surface area contributed by atoms with Crippen LogP contribution in [0.25, 0.3) is 0 Å². The van der Waals surface area contributed by atoms with Gasteiger partial charge >= 0.3 is 5.97 Å². The first-order valence-corrected chi connectivity index (χ1v) is 11.0. The van der Waals surface area contributed by atoms with E-state index in [4.69, 9.17) is 16.3 Å². The molecule has 0 spiro atoms. The van der Waals surface area contributed by atoms with Crippen LogP contribution < -0.4 is 14.8 Å². The molecular weight excluding hydrogens is 428 g/mol. The fraction of sp³-hybridized carbons (Fsp3) is 0.280. The number of carboxylic acid groups (broad SMARTS) is 1. The lowest BCUT2D eigenvalue weighted by molar-refractivity contribution is -0.590. The van der Waals surface area contributed by atoms with Crippen molar-refractivity contribution in [3.8, 4) is 5.75 Å². The van der Waals surface area contributed by atoms with Crippen LogP contribution in [0.2, 0.25) is 5.02 Å². The number of hydrogen-bond donors (Lipinski definition) is 2. The summed E-state index contributed by atoms with van der Waals surface area (Å²) in [5.41, 5.74) is 4.64. The molecule has 0 bridgehead atoms. The van der Waals surface area contributed by atoms with Crippen molar-refractivity contribution in [2.45, 2.75) is 31.6 Å². The quantitative estimate of drug-likeness (QED) is 0.297. The number of aliphatic carboxylic acids is 1. The molecule has 6 nitrogen and oxygen atoms in total. The van der Waals surface area contributed by atoms with Gasteiger partial charge in [-0.1, -0.05) is 41.9 Å². The van der Waals surface area contributed by atoms with Crippen LogP contribution in [0, 0.1) is 5.21 Å². The summed E-state index contributed by atoms with van der Waals surface area (Å²) < 4.78 is 6.68. The Kier molecular flexibility index (Phi) is 6.81. The maximum atomic E-state index is 11.7. The lowest BCUT2D eigenvalue weighted by atomic mass is 9.89. The van der Waals surface area contributed by atoms with Crippen molar-refractivity contribution in [3.05, 3.63) is 93.3 Å². The zero-order chi connectivity index (χ0) is 22.5. The number of fused-ring (bicyclic) bond motifs is 2. The van der Waals surface area contributed by atoms with E-state index in [-0.39, 0.29) is 12.3 Å². The van der Waals surface area contributed by atoms with E-state index in [1.165, 1.54) is 22.9 Å². The Morgan fingerprint density at radius 2 is 2.00 bits per heavy atom. The summed E-state index contributed by atoms with van der Waals surface area (Å²) in [5.74, 6) is 0.400. The zero-order valence-electron chi connectivity index (χ0n) is 17.6. The third-order valence-corrected chi connectivity index (χ3v) is 5.95. The van der Waals surface area contributed by atoms with Crippen LogP contribution in [-0.2, 0) is 17.6 Å². The van der Waals surface area contributed by atoms with E-state index in [1.54, 1.807) is 12.1 Å². The van der Waals surface area contributed by atoms with Crippen LogP contribution in [0.3, 0.4) is 0 Å². The van der Waals surface area contributed by atoms with Gasteiger partial charge in [-0.3, -0.25) is 10.1 Å². The van der Waals surface area contributed by atoms with Crippen LogP contribution in [-0.4, -0.2) is 24.2 Å². The maximum Gasteiger partial charge on any atom is 0.303 e. The lowest BCUT2D eigenvalue weighted by Gasteiger charge is -2.16. The Balaban J connectivity index is 1.38. The standard InChI is InChI=1S/C25H25ClN2O4/c26-21-8-10-28(31)24(16-21)27-9-3-11-32-22-7-6-17-12-20(15-25(29)30)23-5-2-1-4-18(23)13-19(17)14-22/h1-2,4-8,10,14,16,20,27H,3,9,11-13,15H2,(H,29,30). The molecule has 0 amide bonds. The zero-order valence-corrected chi connectivity index (χ0v) is 18.3. The molecule has 0 saturated carbocycles. The number of nitrogens with zero attached hydrogens (tertiary/aromatic N) is 1. The van der Waals surface area contributed by atoms with Gasteiger partial charge in [0.2, 0.25) is 0 Å². The number of pyridine rings is 1. The third-order valence-electron chi connectivity index (χ3n) is 5.72. The number of carboxylic acids is 1. The highest BCUT2D eigenvalue weighted by Gasteiger charge is 2.24. The summed E-state index contributed by atoms with van der Waals surface area (Å²) in [7, 11) is 0. The van der Waals surface area contributed by atoms with Gasteiger partial charge in [-0.25, -0.2) is 4.73 Å². The van der Waals surface area contributed by atoms with E-state index in [9.17, 15) is 15.1 Å². The van der Waals surface area contributed by atoms with Crippen molar-refractivity contribution in [3.63, 3.8) is 0 Å². The number of hydrogen-bond acceptors (Lipinski definition) is 4. The van der Waals surface area contributed by atoms with E-state index in [0.29, 0.717) is 36.8 Å². The van der Waals surface area contributed by atoms with Gasteiger partial charge in [-0.2, -0.15) is 0 Å². The average molecular weight is 453 g/mol. The number of halogens is 1. The maximum absolute atomic E-state index is 11.7. The number of anilines is 1. The number of rotatable bonds is 8. The molecule has 1 aliphatic carbocycles. The first kappa shape index (κ1) is 22.0. The summed E-state index contributed by atoms with van der Waals surface area (Å²) in [5, 5.41) is 24.7. The minimum atomic E-state index is -0.776. The highest BCUT2D eigenvalue weighted by molar-refractivity contribution is 6.30. The average Bonchev–Trinajstić information content (AvgIpc) is 2.91. The van der Waals surface area contributed by atoms with Crippen LogP contribution in [0.1, 0.15) is 41.0 Å². The third kappa shape index (κ3) is 5.32. The molecule has 2 aromatic carbocycles. The highest BCUT2D eigenvalue weighted by Crippen LogP contribution is 2.35. The van der Waals surface area contributed by atoms with Crippen LogP contribution >= 0.6 is 11.6 Å². The summed E-state index contributed by atoms with van der Waals surface area (Å²) >= 11 is 5.93. The Bertz CT molecular complexity index is 1120. The summed E-state index contributed by atoms with van der Waals surface area (Å²) in [6.45, 7) is 1.08. The summed E-state index contributed by atoms with van der Waals surface area (Å²) in [4.78, 5) is 11.4. The van der Waals surface area contributed by atoms with Gasteiger partial charge in [0.25, 0.3) is 5.82 Å². The van der Waals surface area contributed by atoms with Crippen molar-refractivity contribution in [1.82, 2.24) is 0 Å². The predicted octanol–water partition coefficient (Wildman–Crippen LogP) is 4.56. The normalized spacial score (nSPS) is 14.7. The van der Waals surface area contributed by atoms with E-state index in [1.807, 2.05) is 24.3 Å². The molecule has 2 N–H and O–H groups in total. The molecule has 32 heavy (non-hydrogen) atoms. The Labute approximate surface area is 192 Å². The Morgan fingerprint density at radius 1 is 1.16 bits per heavy atom. The van der Waals surface area contributed by atoms with Gasteiger partial charge in [0, 0.05) is 12.5 Å². The molecule has 1 aliphatic rings. The number of aromatic nitrogens is 1. The molecule has 1 unspecified atom stereocenters. The minimum Gasteiger partial charge on any atom is -0.711 e. The second kappa shape index (κ2) is 9.92. The molecule has 1 aromatic heterocycles. The highest BCUT2D eigenvalue weighted by atomic mass is 35.5. The Hall–Kier alpha value is -3.25. The molecule has 0 radical (unpaired) electrons. The predicted molar refractivity (Wildman–Crippen MR) is 123 cm³/mol. The lowest BCUT2D eigenvalue weighted by Crippen LogP contribution is -2.30. The Morgan fingerprint density at radius 3 is 2.84 bits per heavy atom. The fourth-order valence-electron chi connectivity index (χ4n) is 4.19. The van der Waals surface area contributed by atoms with Gasteiger partial charge in [0.05, 0.1) is 30.8 Å². The number of benzene rings is 2. The molecule has 0 saturated heterocycles. The molecule has 1 heterocycles. The minimum absolute atomic E-state index is 0.0296. The van der Waals surface area contributed by atoms with Crippen LogP contribution in [0.5, 0.6) is 5.75 Å². The first-order chi connectivity index (χ1) is 15.5. The second-order valence-electron chi connectivity index (χ2n) is 7.99. The molecule has 166 valence electrons. The van der Waals surface area contributed by atoms with E-state index < -0.39 is 5.97 Å². The molecular formula is C25H25ClN2O4. The van der Waals surface area contributed by atoms with E-state index >= 15 is 0 Å². The van der Waals surface area contributed by atoms with Gasteiger partial charge in [-0.15, -0.1) is 0 Å². The summed E-state index contributed by atoms with van der Waals surface area (Å²) in [6.07, 6.45) is 3.68.